The zero-order valence-electron chi connectivity index (χ0n) is 12.5. The summed E-state index contributed by atoms with van der Waals surface area (Å²) in [7, 11) is 0. The lowest BCUT2D eigenvalue weighted by Gasteiger charge is -2.29. The highest BCUT2D eigenvalue weighted by Gasteiger charge is 2.14. The van der Waals surface area contributed by atoms with Crippen LogP contribution in [0.25, 0.3) is 10.8 Å². The summed E-state index contributed by atoms with van der Waals surface area (Å²) in [5, 5.41) is 15.2. The number of benzene rings is 1. The molecular formula is C17H23N3O. The van der Waals surface area contributed by atoms with Crippen LogP contribution in [0.1, 0.15) is 26.2 Å². The van der Waals surface area contributed by atoms with Crippen LogP contribution in [-0.2, 0) is 0 Å². The first kappa shape index (κ1) is 14.1. The molecule has 1 aliphatic rings. The van der Waals surface area contributed by atoms with Gasteiger partial charge in [0.05, 0.1) is 0 Å². The van der Waals surface area contributed by atoms with Crippen molar-refractivity contribution in [2.45, 2.75) is 32.2 Å². The molecule has 0 bridgehead atoms. The fourth-order valence-electron chi connectivity index (χ4n) is 3.08. The molecule has 1 fully saturated rings. The molecule has 4 heteroatoms. The summed E-state index contributed by atoms with van der Waals surface area (Å²) < 4.78 is 0. The minimum absolute atomic E-state index is 0.280. The number of likely N-dealkylation sites (tertiary alicyclic amines) is 1. The van der Waals surface area contributed by atoms with Gasteiger partial charge in [0.2, 0.25) is 0 Å². The number of aromatic nitrogens is 1. The molecule has 1 atom stereocenters. The van der Waals surface area contributed by atoms with E-state index in [9.17, 15) is 5.11 Å². The van der Waals surface area contributed by atoms with Gasteiger partial charge in [-0.05, 0) is 56.4 Å². The van der Waals surface area contributed by atoms with E-state index in [0.29, 0.717) is 6.04 Å². The van der Waals surface area contributed by atoms with Gasteiger partial charge in [0.15, 0.2) is 0 Å². The summed E-state index contributed by atoms with van der Waals surface area (Å²) in [5.41, 5.74) is 0. The Kier molecular flexibility index (Phi) is 4.25. The molecule has 112 valence electrons. The molecule has 1 aliphatic heterocycles. The molecule has 0 spiro atoms. The van der Waals surface area contributed by atoms with Crippen LogP contribution in [0.2, 0.25) is 0 Å². The van der Waals surface area contributed by atoms with Crippen LogP contribution in [0.5, 0.6) is 5.75 Å². The Balaban J connectivity index is 1.73. The highest BCUT2D eigenvalue weighted by molar-refractivity contribution is 5.92. The van der Waals surface area contributed by atoms with Crippen LogP contribution >= 0.6 is 0 Å². The SMILES string of the molecule is CC(CN1CCCCC1)Nc1nccc2ccc(O)cc12. The molecule has 2 aromatic rings. The maximum atomic E-state index is 9.69. The maximum absolute atomic E-state index is 9.69. The van der Waals surface area contributed by atoms with Crippen molar-refractivity contribution in [2.75, 3.05) is 25.0 Å². The Hall–Kier alpha value is -1.81. The third-order valence-corrected chi connectivity index (χ3v) is 4.11. The Morgan fingerprint density at radius 3 is 2.86 bits per heavy atom. The summed E-state index contributed by atoms with van der Waals surface area (Å²) in [6.45, 7) is 5.64. The zero-order valence-corrected chi connectivity index (χ0v) is 12.5. The Morgan fingerprint density at radius 2 is 2.05 bits per heavy atom. The molecule has 2 heterocycles. The number of pyridine rings is 1. The standard InChI is InChI=1S/C17H23N3O/c1-13(12-20-9-3-2-4-10-20)19-17-16-11-15(21)6-5-14(16)7-8-18-17/h5-8,11,13,21H,2-4,9-10,12H2,1H3,(H,18,19). The topological polar surface area (TPSA) is 48.4 Å². The van der Waals surface area contributed by atoms with Crippen molar-refractivity contribution in [3.05, 3.63) is 30.5 Å². The predicted octanol–water partition coefficient (Wildman–Crippen LogP) is 3.23. The Labute approximate surface area is 125 Å². The fourth-order valence-corrected chi connectivity index (χ4v) is 3.08. The van der Waals surface area contributed by atoms with Gasteiger partial charge < -0.3 is 15.3 Å². The van der Waals surface area contributed by atoms with Crippen molar-refractivity contribution in [3.8, 4) is 5.75 Å². The molecule has 0 aliphatic carbocycles. The van der Waals surface area contributed by atoms with E-state index >= 15 is 0 Å². The highest BCUT2D eigenvalue weighted by atomic mass is 16.3. The van der Waals surface area contributed by atoms with E-state index in [1.54, 1.807) is 12.1 Å². The summed E-state index contributed by atoms with van der Waals surface area (Å²) in [6.07, 6.45) is 5.80. The Morgan fingerprint density at radius 1 is 1.24 bits per heavy atom. The number of aromatic hydroxyl groups is 1. The number of nitrogens with zero attached hydrogens (tertiary/aromatic N) is 2. The van der Waals surface area contributed by atoms with Crippen molar-refractivity contribution in [2.24, 2.45) is 0 Å². The van der Waals surface area contributed by atoms with Crippen LogP contribution in [0.15, 0.2) is 30.5 Å². The fraction of sp³-hybridized carbons (Fsp3) is 0.471. The number of piperidine rings is 1. The van der Waals surface area contributed by atoms with Crippen molar-refractivity contribution >= 4 is 16.6 Å². The van der Waals surface area contributed by atoms with Crippen molar-refractivity contribution in [1.82, 2.24) is 9.88 Å². The first-order chi connectivity index (χ1) is 10.2. The molecule has 0 radical (unpaired) electrons. The van der Waals surface area contributed by atoms with Gasteiger partial charge in [0, 0.05) is 24.2 Å². The molecule has 1 saturated heterocycles. The summed E-state index contributed by atoms with van der Waals surface area (Å²) in [5.74, 6) is 1.13. The summed E-state index contributed by atoms with van der Waals surface area (Å²) >= 11 is 0. The van der Waals surface area contributed by atoms with Gasteiger partial charge in [-0.25, -0.2) is 4.98 Å². The number of anilines is 1. The molecule has 2 N–H and O–H groups in total. The minimum atomic E-state index is 0.280. The second-order valence-corrected chi connectivity index (χ2v) is 5.97. The molecule has 1 aromatic heterocycles. The lowest BCUT2D eigenvalue weighted by atomic mass is 10.1. The lowest BCUT2D eigenvalue weighted by molar-refractivity contribution is 0.223. The zero-order chi connectivity index (χ0) is 14.7. The molecule has 1 aromatic carbocycles. The van der Waals surface area contributed by atoms with Crippen molar-refractivity contribution in [3.63, 3.8) is 0 Å². The second-order valence-electron chi connectivity index (χ2n) is 5.97. The van der Waals surface area contributed by atoms with Crippen LogP contribution in [0.3, 0.4) is 0 Å². The highest BCUT2D eigenvalue weighted by Crippen LogP contribution is 2.25. The van der Waals surface area contributed by atoms with E-state index in [4.69, 9.17) is 0 Å². The maximum Gasteiger partial charge on any atom is 0.134 e. The van der Waals surface area contributed by atoms with E-state index in [-0.39, 0.29) is 5.75 Å². The third kappa shape index (κ3) is 3.45. The number of fused-ring (bicyclic) bond motifs is 1. The van der Waals surface area contributed by atoms with E-state index in [0.717, 1.165) is 23.1 Å². The minimum Gasteiger partial charge on any atom is -0.508 e. The quantitative estimate of drug-likeness (QED) is 0.905. The first-order valence-corrected chi connectivity index (χ1v) is 7.79. The van der Waals surface area contributed by atoms with Gasteiger partial charge in [-0.1, -0.05) is 12.5 Å². The van der Waals surface area contributed by atoms with E-state index in [2.05, 4.69) is 22.1 Å². The molecule has 3 rings (SSSR count). The van der Waals surface area contributed by atoms with Gasteiger partial charge in [0.25, 0.3) is 0 Å². The van der Waals surface area contributed by atoms with E-state index in [1.807, 2.05) is 18.3 Å². The molecule has 1 unspecified atom stereocenters. The summed E-state index contributed by atoms with van der Waals surface area (Å²) in [6, 6.07) is 7.72. The number of rotatable bonds is 4. The lowest BCUT2D eigenvalue weighted by Crippen LogP contribution is -2.38. The predicted molar refractivity (Wildman–Crippen MR) is 86.8 cm³/mol. The van der Waals surface area contributed by atoms with Gasteiger partial charge >= 0.3 is 0 Å². The normalized spacial score (nSPS) is 17.8. The Bertz CT molecular complexity index is 608. The average molecular weight is 285 g/mol. The number of phenols is 1. The van der Waals surface area contributed by atoms with E-state index < -0.39 is 0 Å². The molecule has 21 heavy (non-hydrogen) atoms. The largest absolute Gasteiger partial charge is 0.508 e. The third-order valence-electron chi connectivity index (χ3n) is 4.11. The molecule has 0 amide bonds. The van der Waals surface area contributed by atoms with Crippen LogP contribution in [-0.4, -0.2) is 40.7 Å². The van der Waals surface area contributed by atoms with Crippen molar-refractivity contribution in [1.29, 1.82) is 0 Å². The average Bonchev–Trinajstić information content (AvgIpc) is 2.49. The van der Waals surface area contributed by atoms with Crippen LogP contribution < -0.4 is 5.32 Å². The number of phenolic OH excluding ortho intramolecular Hbond substituents is 1. The molecule has 4 nitrogen and oxygen atoms in total. The number of hydrogen-bond acceptors (Lipinski definition) is 4. The van der Waals surface area contributed by atoms with Gasteiger partial charge in [-0.15, -0.1) is 0 Å². The first-order valence-electron chi connectivity index (χ1n) is 7.79. The summed E-state index contributed by atoms with van der Waals surface area (Å²) in [4.78, 5) is 6.96. The monoisotopic (exact) mass is 285 g/mol. The molecular weight excluding hydrogens is 262 g/mol. The van der Waals surface area contributed by atoms with Gasteiger partial charge in [-0.2, -0.15) is 0 Å². The smallest absolute Gasteiger partial charge is 0.134 e. The van der Waals surface area contributed by atoms with Crippen LogP contribution in [0, 0.1) is 0 Å². The van der Waals surface area contributed by atoms with E-state index in [1.165, 1.54) is 32.4 Å². The van der Waals surface area contributed by atoms with Crippen molar-refractivity contribution < 1.29 is 5.11 Å². The molecule has 0 saturated carbocycles. The second kappa shape index (κ2) is 6.31. The van der Waals surface area contributed by atoms with Crippen LogP contribution in [0.4, 0.5) is 5.82 Å². The van der Waals surface area contributed by atoms with Gasteiger partial charge in [0.1, 0.15) is 11.6 Å². The van der Waals surface area contributed by atoms with Gasteiger partial charge in [-0.3, -0.25) is 0 Å². The number of hydrogen-bond donors (Lipinski definition) is 2. The number of nitrogens with one attached hydrogen (secondary N) is 1.